The first-order valence-corrected chi connectivity index (χ1v) is 5.89. The molecule has 1 aliphatic rings. The third-order valence-electron chi connectivity index (χ3n) is 3.12. The van der Waals surface area contributed by atoms with Crippen LogP contribution in [-0.4, -0.2) is 18.7 Å². The molecule has 1 aromatic carbocycles. The van der Waals surface area contributed by atoms with Crippen LogP contribution in [0.4, 0.5) is 5.69 Å². The number of fused-ring (bicyclic) bond motifs is 1. The van der Waals surface area contributed by atoms with Crippen molar-refractivity contribution in [1.82, 2.24) is 0 Å². The molecule has 16 heavy (non-hydrogen) atoms. The molecule has 3 N–H and O–H groups in total. The van der Waals surface area contributed by atoms with E-state index in [-0.39, 0.29) is 12.1 Å². The van der Waals surface area contributed by atoms with Crippen molar-refractivity contribution in [2.75, 3.05) is 11.9 Å². The molecule has 3 heteroatoms. The fourth-order valence-electron chi connectivity index (χ4n) is 1.98. The van der Waals surface area contributed by atoms with Crippen molar-refractivity contribution in [2.45, 2.75) is 38.8 Å². The van der Waals surface area contributed by atoms with Crippen LogP contribution in [0.2, 0.25) is 0 Å². The molecule has 0 aromatic heterocycles. The molecule has 0 amide bonds. The maximum absolute atomic E-state index is 5.84. The molecule has 0 fully saturated rings. The number of ether oxygens (including phenoxy) is 1. The van der Waals surface area contributed by atoms with Crippen LogP contribution in [0.3, 0.4) is 0 Å². The van der Waals surface area contributed by atoms with Crippen molar-refractivity contribution in [2.24, 2.45) is 5.73 Å². The summed E-state index contributed by atoms with van der Waals surface area (Å²) in [5.74, 6) is 1.45. The second kappa shape index (κ2) is 4.34. The molecule has 3 nitrogen and oxygen atoms in total. The fraction of sp³-hybridized carbons (Fsp3) is 0.538. The minimum atomic E-state index is 0.0670. The summed E-state index contributed by atoms with van der Waals surface area (Å²) >= 11 is 0. The van der Waals surface area contributed by atoms with E-state index in [0.717, 1.165) is 11.4 Å². The maximum Gasteiger partial charge on any atom is 0.143 e. The van der Waals surface area contributed by atoms with Crippen molar-refractivity contribution in [3.05, 3.63) is 23.8 Å². The van der Waals surface area contributed by atoms with Gasteiger partial charge in [-0.25, -0.2) is 0 Å². The van der Waals surface area contributed by atoms with E-state index < -0.39 is 0 Å². The first-order valence-electron chi connectivity index (χ1n) is 5.89. The topological polar surface area (TPSA) is 47.3 Å². The molecule has 0 radical (unpaired) electrons. The van der Waals surface area contributed by atoms with E-state index in [1.54, 1.807) is 0 Å². The molecule has 2 rings (SSSR count). The number of rotatable bonds is 2. The lowest BCUT2D eigenvalue weighted by molar-refractivity contribution is 0.182. The van der Waals surface area contributed by atoms with E-state index >= 15 is 0 Å². The van der Waals surface area contributed by atoms with Gasteiger partial charge in [0.25, 0.3) is 0 Å². The van der Waals surface area contributed by atoms with Gasteiger partial charge in [-0.3, -0.25) is 0 Å². The van der Waals surface area contributed by atoms with E-state index in [9.17, 15) is 0 Å². The van der Waals surface area contributed by atoms with Crippen LogP contribution in [0.15, 0.2) is 18.2 Å². The van der Waals surface area contributed by atoms with Crippen LogP contribution >= 0.6 is 0 Å². The van der Waals surface area contributed by atoms with Gasteiger partial charge in [0.15, 0.2) is 0 Å². The summed E-state index contributed by atoms with van der Waals surface area (Å²) in [5.41, 5.74) is 8.08. The second-order valence-corrected chi connectivity index (χ2v) is 4.74. The summed E-state index contributed by atoms with van der Waals surface area (Å²) < 4.78 is 5.84. The number of nitrogens with one attached hydrogen (secondary N) is 1. The highest BCUT2D eigenvalue weighted by Gasteiger charge is 2.25. The highest BCUT2D eigenvalue weighted by Crippen LogP contribution is 2.33. The Bertz CT molecular complexity index is 376. The van der Waals surface area contributed by atoms with Crippen LogP contribution in [0.1, 0.15) is 32.3 Å². The molecule has 0 saturated heterocycles. The first kappa shape index (κ1) is 11.3. The molecule has 0 spiro atoms. The average Bonchev–Trinajstić information content (AvgIpc) is 2.27. The Kier molecular flexibility index (Phi) is 3.06. The third-order valence-corrected chi connectivity index (χ3v) is 3.12. The Morgan fingerprint density at radius 3 is 2.81 bits per heavy atom. The summed E-state index contributed by atoms with van der Waals surface area (Å²) in [6, 6.07) is 6.59. The Morgan fingerprint density at radius 1 is 1.44 bits per heavy atom. The largest absolute Gasteiger partial charge is 0.485 e. The number of hydrogen-bond acceptors (Lipinski definition) is 3. The molecule has 1 heterocycles. The molecule has 88 valence electrons. The molecular formula is C13H20N2O. The Labute approximate surface area is 97.0 Å². The monoisotopic (exact) mass is 220 g/mol. The standard InChI is InChI=1S/C13H20N2O/c1-8(2)10-4-5-12-11(6-10)15-9(3)13(7-14)16-12/h4-6,8-9,13,15H,7,14H2,1-3H3. The highest BCUT2D eigenvalue weighted by molar-refractivity contribution is 5.60. The zero-order valence-corrected chi connectivity index (χ0v) is 10.2. The minimum absolute atomic E-state index is 0.0670. The van der Waals surface area contributed by atoms with Crippen LogP contribution in [0.25, 0.3) is 0 Å². The van der Waals surface area contributed by atoms with Crippen molar-refractivity contribution in [3.8, 4) is 5.75 Å². The zero-order chi connectivity index (χ0) is 11.7. The van der Waals surface area contributed by atoms with Crippen LogP contribution in [-0.2, 0) is 0 Å². The van der Waals surface area contributed by atoms with Crippen LogP contribution < -0.4 is 15.8 Å². The van der Waals surface area contributed by atoms with Crippen molar-refractivity contribution in [3.63, 3.8) is 0 Å². The van der Waals surface area contributed by atoms with Crippen molar-refractivity contribution >= 4 is 5.69 Å². The zero-order valence-electron chi connectivity index (χ0n) is 10.2. The smallest absolute Gasteiger partial charge is 0.143 e. The number of anilines is 1. The molecule has 0 saturated carbocycles. The lowest BCUT2D eigenvalue weighted by Gasteiger charge is -2.32. The van der Waals surface area contributed by atoms with Gasteiger partial charge < -0.3 is 15.8 Å². The molecule has 0 bridgehead atoms. The Morgan fingerprint density at radius 2 is 2.19 bits per heavy atom. The highest BCUT2D eigenvalue weighted by atomic mass is 16.5. The van der Waals surface area contributed by atoms with E-state index in [1.807, 2.05) is 6.07 Å². The summed E-state index contributed by atoms with van der Waals surface area (Å²) in [7, 11) is 0. The SMILES string of the molecule is CC(C)c1ccc2c(c1)NC(C)C(CN)O2. The van der Waals surface area contributed by atoms with Crippen LogP contribution in [0, 0.1) is 0 Å². The lowest BCUT2D eigenvalue weighted by Crippen LogP contribution is -2.44. The summed E-state index contributed by atoms with van der Waals surface area (Å²) in [4.78, 5) is 0. The van der Waals surface area contributed by atoms with E-state index in [0.29, 0.717) is 12.5 Å². The van der Waals surface area contributed by atoms with Gasteiger partial charge >= 0.3 is 0 Å². The molecule has 2 unspecified atom stereocenters. The summed E-state index contributed by atoms with van der Waals surface area (Å²) in [5, 5.41) is 3.45. The lowest BCUT2D eigenvalue weighted by atomic mass is 10.0. The van der Waals surface area contributed by atoms with Gasteiger partial charge in [-0.15, -0.1) is 0 Å². The Balaban J connectivity index is 2.29. The van der Waals surface area contributed by atoms with Gasteiger partial charge in [-0.2, -0.15) is 0 Å². The number of nitrogens with two attached hydrogens (primary N) is 1. The predicted octanol–water partition coefficient (Wildman–Crippen LogP) is 2.33. The minimum Gasteiger partial charge on any atom is -0.485 e. The average molecular weight is 220 g/mol. The van der Waals surface area contributed by atoms with Gasteiger partial charge in [-0.1, -0.05) is 19.9 Å². The molecule has 0 aliphatic carbocycles. The number of hydrogen-bond donors (Lipinski definition) is 2. The summed E-state index contributed by atoms with van der Waals surface area (Å²) in [6.45, 7) is 7.02. The van der Waals surface area contributed by atoms with Gasteiger partial charge in [0.05, 0.1) is 11.7 Å². The van der Waals surface area contributed by atoms with E-state index in [1.165, 1.54) is 5.56 Å². The third kappa shape index (κ3) is 2.00. The van der Waals surface area contributed by atoms with E-state index in [2.05, 4.69) is 38.2 Å². The van der Waals surface area contributed by atoms with Crippen LogP contribution in [0.5, 0.6) is 5.75 Å². The Hall–Kier alpha value is -1.22. The van der Waals surface area contributed by atoms with E-state index in [4.69, 9.17) is 10.5 Å². The second-order valence-electron chi connectivity index (χ2n) is 4.74. The van der Waals surface area contributed by atoms with Gasteiger partial charge in [0.2, 0.25) is 0 Å². The van der Waals surface area contributed by atoms with Gasteiger partial charge in [0, 0.05) is 6.54 Å². The molecule has 1 aromatic rings. The molecule has 1 aliphatic heterocycles. The quantitative estimate of drug-likeness (QED) is 0.804. The molecular weight excluding hydrogens is 200 g/mol. The van der Waals surface area contributed by atoms with Crippen molar-refractivity contribution in [1.29, 1.82) is 0 Å². The van der Waals surface area contributed by atoms with Crippen molar-refractivity contribution < 1.29 is 4.74 Å². The predicted molar refractivity (Wildman–Crippen MR) is 67.1 cm³/mol. The normalized spacial score (nSPS) is 23.6. The molecule has 2 atom stereocenters. The number of benzene rings is 1. The van der Waals surface area contributed by atoms with Gasteiger partial charge in [0.1, 0.15) is 11.9 Å². The van der Waals surface area contributed by atoms with Gasteiger partial charge in [-0.05, 0) is 30.5 Å². The first-order chi connectivity index (χ1) is 7.61. The fourth-order valence-corrected chi connectivity index (χ4v) is 1.98. The summed E-state index contributed by atoms with van der Waals surface area (Å²) in [6.07, 6.45) is 0.0670. The maximum atomic E-state index is 5.84.